The predicted molar refractivity (Wildman–Crippen MR) is 210 cm³/mol. The summed E-state index contributed by atoms with van der Waals surface area (Å²) in [5.41, 5.74) is 16.8. The molecule has 0 amide bonds. The summed E-state index contributed by atoms with van der Waals surface area (Å²) in [7, 11) is 0. The van der Waals surface area contributed by atoms with Crippen molar-refractivity contribution < 1.29 is 25.8 Å². The van der Waals surface area contributed by atoms with Crippen molar-refractivity contribution in [3.8, 4) is 11.1 Å². The molecule has 0 heterocycles. The molecule has 0 saturated heterocycles. The van der Waals surface area contributed by atoms with Gasteiger partial charge in [-0.15, -0.1) is 12.5 Å². The third-order valence-electron chi connectivity index (χ3n) is 10.9. The summed E-state index contributed by atoms with van der Waals surface area (Å²) in [6.45, 7) is 16.0. The van der Waals surface area contributed by atoms with Crippen molar-refractivity contribution >= 4 is 24.2 Å². The van der Waals surface area contributed by atoms with Gasteiger partial charge in [0.1, 0.15) is 0 Å². The van der Waals surface area contributed by atoms with Crippen LogP contribution < -0.4 is 8.79 Å². The summed E-state index contributed by atoms with van der Waals surface area (Å²) >= 11 is -0.392. The monoisotopic (exact) mass is 876 g/mol. The molecule has 5 aliphatic carbocycles. The van der Waals surface area contributed by atoms with E-state index in [2.05, 4.69) is 164 Å². The van der Waals surface area contributed by atoms with E-state index in [0.29, 0.717) is 22.2 Å². The van der Waals surface area contributed by atoms with E-state index in [-0.39, 0.29) is 31.4 Å². The molecule has 4 saturated carbocycles. The van der Waals surface area contributed by atoms with Crippen molar-refractivity contribution in [2.45, 2.75) is 92.5 Å². The molecule has 3 heteroatoms. The summed E-state index contributed by atoms with van der Waals surface area (Å²) in [5, 5.41) is 0. The van der Waals surface area contributed by atoms with E-state index in [1.165, 1.54) is 75.2 Å². The topological polar surface area (TPSA) is 23.8 Å². The van der Waals surface area contributed by atoms with Gasteiger partial charge < -0.3 is 5.73 Å². The maximum atomic E-state index is 8.59. The van der Waals surface area contributed by atoms with Crippen LogP contribution in [-0.2, 0) is 25.8 Å². The van der Waals surface area contributed by atoms with Gasteiger partial charge in [0.25, 0.3) is 0 Å². The Morgan fingerprint density at radius 3 is 1.12 bits per heavy atom. The molecule has 1 radical (unpaired) electrons. The predicted octanol–water partition coefficient (Wildman–Crippen LogP) is 11.3. The van der Waals surface area contributed by atoms with Crippen LogP contribution in [0.25, 0.3) is 16.9 Å². The molecule has 9 rings (SSSR count). The van der Waals surface area contributed by atoms with Gasteiger partial charge in [-0.3, -0.25) is 6.08 Å². The molecule has 4 bridgehead atoms. The molecule has 255 valence electrons. The Morgan fingerprint density at radius 2 is 0.878 bits per heavy atom. The zero-order valence-corrected chi connectivity index (χ0v) is 37.0. The van der Waals surface area contributed by atoms with Gasteiger partial charge in [-0.1, -0.05) is 127 Å². The third kappa shape index (κ3) is 10.9. The Bertz CT molecular complexity index is 1510. The Hall–Kier alpha value is -2.27. The first-order chi connectivity index (χ1) is 22.8. The first kappa shape index (κ1) is 39.5. The van der Waals surface area contributed by atoms with Gasteiger partial charge in [0.15, 0.2) is 0 Å². The molecule has 5 aliphatic rings. The molecule has 0 spiro atoms. The minimum atomic E-state index is -0.392. The minimum absolute atomic E-state index is 0. The van der Waals surface area contributed by atoms with Crippen molar-refractivity contribution in [3.63, 3.8) is 0 Å². The van der Waals surface area contributed by atoms with E-state index in [0.717, 1.165) is 0 Å². The first-order valence-corrected chi connectivity index (χ1v) is 20.3. The Morgan fingerprint density at radius 1 is 0.551 bits per heavy atom. The zero-order valence-electron chi connectivity index (χ0n) is 30.9. The third-order valence-corrected chi connectivity index (χ3v) is 13.9. The number of rotatable bonds is 3. The van der Waals surface area contributed by atoms with Gasteiger partial charge in [0.2, 0.25) is 0 Å². The maximum Gasteiger partial charge on any atom is -0.0184 e. The Kier molecular flexibility index (Phi) is 13.6. The summed E-state index contributed by atoms with van der Waals surface area (Å²) in [4.78, 5) is 0. The molecule has 1 nitrogen and oxygen atoms in total. The molecular weight excluding hydrogens is 818 g/mol. The van der Waals surface area contributed by atoms with Gasteiger partial charge in [-0.2, -0.15) is 11.1 Å². The van der Waals surface area contributed by atoms with Crippen molar-refractivity contribution in [2.24, 2.45) is 22.2 Å². The van der Waals surface area contributed by atoms with Crippen molar-refractivity contribution in [3.05, 3.63) is 150 Å². The fourth-order valence-electron chi connectivity index (χ4n) is 10.0. The van der Waals surface area contributed by atoms with E-state index < -0.39 is 15.4 Å². The van der Waals surface area contributed by atoms with Crippen molar-refractivity contribution in [2.75, 3.05) is 0 Å². The molecule has 1 unspecified atom stereocenters. The molecule has 4 fully saturated rings. The number of benzene rings is 4. The van der Waals surface area contributed by atoms with Gasteiger partial charge >= 0.3 is 84.9 Å². The quantitative estimate of drug-likeness (QED) is 0.145. The molecule has 4 aromatic carbocycles. The van der Waals surface area contributed by atoms with Crippen LogP contribution in [0.4, 0.5) is 0 Å². The molecule has 4 aromatic rings. The standard InChI is InChI=1S/C13H22N.C12H11Ge.C12H10.C9H13.Hf/c1-10-4-11(2)6-12(3,5-10)9-13(14,7-10)8-11;1-3-7-11(8-4-1)13-12-9-5-2-6-10-12;1-3-7-11(8-4-1)12-9-5-2-6-10-12;1-6-5-7(2)9(4)8(6)3;/h14H,4-9H2,1-3H3;1-10,13H;1-10H;6H,1-4H3;/q-1;;;-1;. The van der Waals surface area contributed by atoms with Crippen molar-refractivity contribution in [1.82, 2.24) is 0 Å². The normalized spacial score (nSPS) is 28.8. The number of nitrogens with one attached hydrogen (secondary N) is 1. The Labute approximate surface area is 323 Å². The van der Waals surface area contributed by atoms with Crippen LogP contribution in [0.3, 0.4) is 0 Å². The van der Waals surface area contributed by atoms with Crippen LogP contribution in [0.2, 0.25) is 0 Å². The number of hydrogen-bond acceptors (Lipinski definition) is 0. The van der Waals surface area contributed by atoms with Crippen LogP contribution in [0.1, 0.15) is 87.0 Å². The van der Waals surface area contributed by atoms with Gasteiger partial charge in [0.05, 0.1) is 0 Å². The average Bonchev–Trinajstić information content (AvgIpc) is 3.25. The summed E-state index contributed by atoms with van der Waals surface area (Å²) < 4.78 is 3.05. The second kappa shape index (κ2) is 16.8. The van der Waals surface area contributed by atoms with Gasteiger partial charge in [-0.05, 0) is 46.6 Å². The van der Waals surface area contributed by atoms with E-state index >= 15 is 0 Å². The van der Waals surface area contributed by atoms with Gasteiger partial charge in [-0.25, -0.2) is 5.57 Å². The van der Waals surface area contributed by atoms with Crippen LogP contribution >= 0.6 is 0 Å². The van der Waals surface area contributed by atoms with Gasteiger partial charge in [0, 0.05) is 25.8 Å². The average molecular weight is 874 g/mol. The summed E-state index contributed by atoms with van der Waals surface area (Å²) in [5.74, 6) is 0.560. The molecular formula is C46H56GeHfN-2. The smallest absolute Gasteiger partial charge is 0.0184 e. The van der Waals surface area contributed by atoms with E-state index in [1.807, 2.05) is 12.1 Å². The molecule has 0 aromatic heterocycles. The fraction of sp³-hybridized carbons (Fsp3) is 0.391. The summed E-state index contributed by atoms with van der Waals surface area (Å²) in [6, 6.07) is 42.3. The van der Waals surface area contributed by atoms with Crippen LogP contribution in [0.15, 0.2) is 138 Å². The zero-order chi connectivity index (χ0) is 34.4. The Balaban J connectivity index is 0.000000148. The minimum Gasteiger partial charge on any atom is -0.0622 e. The molecule has 1 N–H and O–H groups in total. The SMILES string of the molecule is CC12CC3(C)CC(C)(C1)CC([NH-])(C2)C3.CC1=[C-]C(C)C(C)=C1C.[Hf].c1cc[c]([GeH][c]2ccccc2)cc1.c1ccc(-c2ccccc2)cc1. The van der Waals surface area contributed by atoms with E-state index in [4.69, 9.17) is 5.73 Å². The van der Waals surface area contributed by atoms with Crippen LogP contribution in [0.5, 0.6) is 0 Å². The second-order valence-corrected chi connectivity index (χ2v) is 19.7. The van der Waals surface area contributed by atoms with E-state index in [9.17, 15) is 0 Å². The van der Waals surface area contributed by atoms with Crippen LogP contribution in [0, 0.1) is 28.2 Å². The van der Waals surface area contributed by atoms with E-state index in [1.54, 1.807) is 0 Å². The molecule has 49 heavy (non-hydrogen) atoms. The second-order valence-electron chi connectivity index (χ2n) is 16.3. The fourth-order valence-corrected chi connectivity index (χ4v) is 12.6. The first-order valence-electron chi connectivity index (χ1n) is 17.9. The maximum absolute atomic E-state index is 8.59. The van der Waals surface area contributed by atoms with Crippen LogP contribution in [-0.4, -0.2) is 21.0 Å². The number of allylic oxidation sites excluding steroid dienone is 4. The molecule has 0 aliphatic heterocycles. The van der Waals surface area contributed by atoms with Crippen molar-refractivity contribution in [1.29, 1.82) is 0 Å². The summed E-state index contributed by atoms with van der Waals surface area (Å²) in [6.07, 6.45) is 11.0. The molecule has 1 atom stereocenters. The number of hydrogen-bond donors (Lipinski definition) is 0. The largest absolute Gasteiger partial charge is 0.0622 e.